The molecule has 0 bridgehead atoms. The van der Waals surface area contributed by atoms with Crippen LogP contribution in [0.15, 0.2) is 12.1 Å². The maximum absolute atomic E-state index is 11.1. The molecule has 0 aliphatic heterocycles. The summed E-state index contributed by atoms with van der Waals surface area (Å²) < 4.78 is 10.8. The fourth-order valence-corrected chi connectivity index (χ4v) is 2.84. The van der Waals surface area contributed by atoms with E-state index in [0.717, 1.165) is 0 Å². The summed E-state index contributed by atoms with van der Waals surface area (Å²) in [6.45, 7) is 0. The van der Waals surface area contributed by atoms with Crippen molar-refractivity contribution >= 4 is 45.4 Å². The Morgan fingerprint density at radius 1 is 1.27 bits per heavy atom. The van der Waals surface area contributed by atoms with Gasteiger partial charge in [0.05, 0.1) is 0 Å². The van der Waals surface area contributed by atoms with Crippen LogP contribution in [0, 0.1) is 0 Å². The number of methoxy groups -OCH3 is 2. The Bertz CT molecular complexity index is 382. The second-order valence-corrected chi connectivity index (χ2v) is 4.95. The van der Waals surface area contributed by atoms with Gasteiger partial charge < -0.3 is 0 Å². The van der Waals surface area contributed by atoms with E-state index < -0.39 is 5.24 Å². The predicted octanol–water partition coefficient (Wildman–Crippen LogP) is 1.57. The number of benzene rings is 1. The Labute approximate surface area is 103 Å². The molecule has 3 nitrogen and oxygen atoms in total. The van der Waals surface area contributed by atoms with Gasteiger partial charge in [-0.1, -0.05) is 0 Å². The third-order valence-electron chi connectivity index (χ3n) is 1.78. The average molecular weight is 314 g/mol. The summed E-state index contributed by atoms with van der Waals surface area (Å²) in [4.78, 5) is 11.1. The number of rotatable bonds is 4. The molecular formula is C9H8Cl2O3Se. The summed E-state index contributed by atoms with van der Waals surface area (Å²) >= 11 is 5.08. The van der Waals surface area contributed by atoms with Gasteiger partial charge in [0.2, 0.25) is 0 Å². The van der Waals surface area contributed by atoms with Crippen LogP contribution in [0.3, 0.4) is 0 Å². The van der Waals surface area contributed by atoms with Crippen LogP contribution in [0.4, 0.5) is 0 Å². The standard InChI is InChI=1S/C9H8Cl2O3Se/c1-13-6-3-5(9(10)12)8(15-11)4-7(6)14-2/h3-4H,1-2H3. The minimum atomic E-state index is -0.548. The van der Waals surface area contributed by atoms with E-state index in [1.54, 1.807) is 6.07 Å². The molecule has 1 aromatic carbocycles. The second-order valence-electron chi connectivity index (χ2n) is 2.55. The quantitative estimate of drug-likeness (QED) is 0.625. The molecule has 0 radical (unpaired) electrons. The summed E-state index contributed by atoms with van der Waals surface area (Å²) in [6, 6.07) is 3.20. The molecule has 0 amide bonds. The van der Waals surface area contributed by atoms with Crippen LogP contribution in [0.25, 0.3) is 0 Å². The van der Waals surface area contributed by atoms with E-state index >= 15 is 0 Å². The molecule has 1 rings (SSSR count). The number of hydrogen-bond acceptors (Lipinski definition) is 3. The van der Waals surface area contributed by atoms with E-state index in [2.05, 4.69) is 0 Å². The molecule has 0 aliphatic carbocycles. The van der Waals surface area contributed by atoms with Crippen molar-refractivity contribution in [1.29, 1.82) is 0 Å². The Hall–Kier alpha value is -0.411. The van der Waals surface area contributed by atoms with Gasteiger partial charge in [-0.3, -0.25) is 0 Å². The van der Waals surface area contributed by atoms with Crippen LogP contribution in [-0.4, -0.2) is 33.5 Å². The van der Waals surface area contributed by atoms with Gasteiger partial charge in [-0.2, -0.15) is 0 Å². The predicted molar refractivity (Wildman–Crippen MR) is 61.0 cm³/mol. The van der Waals surface area contributed by atoms with Gasteiger partial charge in [0.25, 0.3) is 0 Å². The molecule has 0 aliphatic rings. The number of hydrogen-bond donors (Lipinski definition) is 0. The average Bonchev–Trinajstić information content (AvgIpc) is 2.26. The van der Waals surface area contributed by atoms with E-state index in [4.69, 9.17) is 31.2 Å². The number of halogens is 2. The van der Waals surface area contributed by atoms with E-state index in [0.29, 0.717) is 21.5 Å². The zero-order chi connectivity index (χ0) is 11.4. The third-order valence-corrected chi connectivity index (χ3v) is 3.91. The van der Waals surface area contributed by atoms with Crippen molar-refractivity contribution in [2.24, 2.45) is 0 Å². The van der Waals surface area contributed by atoms with Crippen LogP contribution in [0.2, 0.25) is 0 Å². The van der Waals surface area contributed by atoms with Crippen molar-refractivity contribution in [1.82, 2.24) is 0 Å². The van der Waals surface area contributed by atoms with Crippen molar-refractivity contribution in [3.63, 3.8) is 0 Å². The van der Waals surface area contributed by atoms with Crippen molar-refractivity contribution in [3.8, 4) is 11.5 Å². The van der Waals surface area contributed by atoms with Crippen LogP contribution >= 0.6 is 21.7 Å². The SMILES string of the molecule is COc1cc([Se]Cl)c(C(=O)Cl)cc1OC. The summed E-state index contributed by atoms with van der Waals surface area (Å²) in [7, 11) is 8.77. The molecule has 0 saturated carbocycles. The first-order valence-electron chi connectivity index (χ1n) is 3.88. The van der Waals surface area contributed by atoms with Crippen LogP contribution in [0.5, 0.6) is 11.5 Å². The summed E-state index contributed by atoms with van der Waals surface area (Å²) in [5, 5.41) is -0.548. The normalized spacial score (nSPS) is 9.87. The molecule has 6 heteroatoms. The molecule has 82 valence electrons. The van der Waals surface area contributed by atoms with Crippen molar-refractivity contribution in [2.45, 2.75) is 0 Å². The molecule has 0 aromatic heterocycles. The van der Waals surface area contributed by atoms with Gasteiger partial charge in [0.1, 0.15) is 0 Å². The molecule has 0 saturated heterocycles. The first-order valence-corrected chi connectivity index (χ1v) is 7.37. The monoisotopic (exact) mass is 314 g/mol. The molecule has 0 heterocycles. The maximum atomic E-state index is 11.1. The minimum absolute atomic E-state index is 0.348. The Balaban J connectivity index is 3.34. The van der Waals surface area contributed by atoms with Crippen molar-refractivity contribution in [2.75, 3.05) is 14.2 Å². The molecule has 0 spiro atoms. The zero-order valence-corrected chi connectivity index (χ0v) is 11.3. The molecule has 1 aromatic rings. The molecular weight excluding hydrogens is 306 g/mol. The van der Waals surface area contributed by atoms with E-state index in [1.807, 2.05) is 0 Å². The zero-order valence-electron chi connectivity index (χ0n) is 8.04. The molecule has 15 heavy (non-hydrogen) atoms. The molecule has 0 unspecified atom stereocenters. The fourth-order valence-electron chi connectivity index (χ4n) is 1.08. The van der Waals surface area contributed by atoms with E-state index in [1.165, 1.54) is 20.3 Å². The first kappa shape index (κ1) is 12.7. The van der Waals surface area contributed by atoms with Gasteiger partial charge in [-0.25, -0.2) is 0 Å². The number of carbonyl (C=O) groups excluding carboxylic acids is 1. The van der Waals surface area contributed by atoms with Gasteiger partial charge in [-0.05, 0) is 0 Å². The van der Waals surface area contributed by atoms with Crippen LogP contribution < -0.4 is 13.9 Å². The fraction of sp³-hybridized carbons (Fsp3) is 0.222. The van der Waals surface area contributed by atoms with Gasteiger partial charge >= 0.3 is 103 Å². The van der Waals surface area contributed by atoms with Crippen LogP contribution in [-0.2, 0) is 0 Å². The van der Waals surface area contributed by atoms with Crippen molar-refractivity contribution in [3.05, 3.63) is 17.7 Å². The Kier molecular flexibility index (Phi) is 4.74. The van der Waals surface area contributed by atoms with E-state index in [9.17, 15) is 4.79 Å². The van der Waals surface area contributed by atoms with Gasteiger partial charge in [0.15, 0.2) is 0 Å². The molecule has 0 atom stereocenters. The molecule has 0 fully saturated rings. The summed E-state index contributed by atoms with van der Waals surface area (Å²) in [5.74, 6) is 1.00. The topological polar surface area (TPSA) is 35.5 Å². The summed E-state index contributed by atoms with van der Waals surface area (Å²) in [5.41, 5.74) is 0.365. The Morgan fingerprint density at radius 2 is 1.80 bits per heavy atom. The van der Waals surface area contributed by atoms with Crippen LogP contribution in [0.1, 0.15) is 10.4 Å². The number of carbonyl (C=O) groups is 1. The number of ether oxygens (including phenoxy) is 2. The van der Waals surface area contributed by atoms with Gasteiger partial charge in [0, 0.05) is 0 Å². The third kappa shape index (κ3) is 2.79. The summed E-state index contributed by atoms with van der Waals surface area (Å²) in [6.07, 6.45) is 0. The first-order chi connectivity index (χ1) is 7.13. The van der Waals surface area contributed by atoms with Gasteiger partial charge in [-0.15, -0.1) is 0 Å². The van der Waals surface area contributed by atoms with Crippen molar-refractivity contribution < 1.29 is 14.3 Å². The van der Waals surface area contributed by atoms with E-state index in [-0.39, 0.29) is 14.0 Å². The second kappa shape index (κ2) is 5.61. The Morgan fingerprint density at radius 3 is 2.20 bits per heavy atom. The molecule has 0 N–H and O–H groups in total.